The first kappa shape index (κ1) is 11.3. The quantitative estimate of drug-likeness (QED) is 0.762. The number of hydrogen-bond acceptors (Lipinski definition) is 6. The number of methoxy groups -OCH3 is 2. The summed E-state index contributed by atoms with van der Waals surface area (Å²) in [6, 6.07) is 3.63. The third-order valence-electron chi connectivity index (χ3n) is 1.78. The highest BCUT2D eigenvalue weighted by Crippen LogP contribution is 2.40. The third-order valence-corrected chi connectivity index (χ3v) is 3.86. The van der Waals surface area contributed by atoms with Crippen molar-refractivity contribution in [3.05, 3.63) is 24.7 Å². The van der Waals surface area contributed by atoms with Gasteiger partial charge in [-0.05, 0) is 21.6 Å². The monoisotopic (exact) mass is 258 g/mol. The average molecular weight is 258 g/mol. The van der Waals surface area contributed by atoms with Crippen molar-refractivity contribution in [2.75, 3.05) is 14.2 Å². The van der Waals surface area contributed by atoms with Crippen LogP contribution in [0.5, 0.6) is 11.5 Å². The van der Waals surface area contributed by atoms with Gasteiger partial charge in [-0.15, -0.1) is 0 Å². The molecule has 6 heteroatoms. The van der Waals surface area contributed by atoms with Crippen molar-refractivity contribution in [3.8, 4) is 11.5 Å². The zero-order valence-electron chi connectivity index (χ0n) is 8.76. The molecule has 0 radical (unpaired) electrons. The fraction of sp³-hybridized carbons (Fsp3) is 0.200. The fourth-order valence-electron chi connectivity index (χ4n) is 0.984. The molecule has 2 aromatic rings. The Bertz CT molecular complexity index is 407. The van der Waals surface area contributed by atoms with Gasteiger partial charge in [0, 0.05) is 12.1 Å². The highest BCUT2D eigenvalue weighted by atomic mass is 33.1. The molecular formula is C10H10O4S2. The lowest BCUT2D eigenvalue weighted by molar-refractivity contribution is 0.401. The fourth-order valence-corrected chi connectivity index (χ4v) is 2.67. The zero-order chi connectivity index (χ0) is 11.4. The lowest BCUT2D eigenvalue weighted by Crippen LogP contribution is -1.75. The highest BCUT2D eigenvalue weighted by Gasteiger charge is 2.07. The molecule has 86 valence electrons. The van der Waals surface area contributed by atoms with Gasteiger partial charge in [-0.1, -0.05) is 0 Å². The molecule has 0 N–H and O–H groups in total. The first-order chi connectivity index (χ1) is 7.81. The van der Waals surface area contributed by atoms with Crippen LogP contribution < -0.4 is 9.47 Å². The number of furan rings is 2. The Morgan fingerprint density at radius 2 is 1.31 bits per heavy atom. The van der Waals surface area contributed by atoms with Gasteiger partial charge in [0.05, 0.1) is 14.2 Å². The van der Waals surface area contributed by atoms with Gasteiger partial charge in [0.2, 0.25) is 0 Å². The van der Waals surface area contributed by atoms with Crippen LogP contribution >= 0.6 is 21.6 Å². The molecule has 0 unspecified atom stereocenters. The summed E-state index contributed by atoms with van der Waals surface area (Å²) in [6.07, 6.45) is 3.12. The van der Waals surface area contributed by atoms with Gasteiger partial charge in [-0.2, -0.15) is 0 Å². The first-order valence-corrected chi connectivity index (χ1v) is 6.56. The second-order valence-corrected chi connectivity index (χ2v) is 4.92. The van der Waals surface area contributed by atoms with E-state index in [4.69, 9.17) is 18.3 Å². The summed E-state index contributed by atoms with van der Waals surface area (Å²) >= 11 is 0. The minimum Gasteiger partial charge on any atom is -0.493 e. The smallest absolute Gasteiger partial charge is 0.174 e. The lowest BCUT2D eigenvalue weighted by atomic mass is 10.6. The molecule has 0 aliphatic heterocycles. The zero-order valence-corrected chi connectivity index (χ0v) is 10.4. The minimum absolute atomic E-state index is 0.708. The molecule has 0 spiro atoms. The predicted octanol–water partition coefficient (Wildman–Crippen LogP) is 3.69. The van der Waals surface area contributed by atoms with Crippen LogP contribution in [0.4, 0.5) is 0 Å². The van der Waals surface area contributed by atoms with E-state index in [9.17, 15) is 0 Å². The van der Waals surface area contributed by atoms with Gasteiger partial charge >= 0.3 is 0 Å². The molecule has 0 aliphatic carbocycles. The average Bonchev–Trinajstić information content (AvgIpc) is 2.95. The van der Waals surface area contributed by atoms with Crippen molar-refractivity contribution >= 4 is 21.6 Å². The largest absolute Gasteiger partial charge is 0.493 e. The van der Waals surface area contributed by atoms with Crippen LogP contribution in [-0.4, -0.2) is 14.2 Å². The topological polar surface area (TPSA) is 44.7 Å². The Hall–Kier alpha value is -1.14. The Morgan fingerprint density at radius 3 is 1.62 bits per heavy atom. The van der Waals surface area contributed by atoms with Crippen LogP contribution in [0.3, 0.4) is 0 Å². The van der Waals surface area contributed by atoms with Crippen molar-refractivity contribution in [1.29, 1.82) is 0 Å². The van der Waals surface area contributed by atoms with Gasteiger partial charge in [0.25, 0.3) is 0 Å². The molecule has 0 atom stereocenters. The van der Waals surface area contributed by atoms with Gasteiger partial charge in [0.1, 0.15) is 12.5 Å². The van der Waals surface area contributed by atoms with Gasteiger partial charge in [-0.25, -0.2) is 0 Å². The molecule has 0 saturated carbocycles. The highest BCUT2D eigenvalue weighted by molar-refractivity contribution is 8.76. The van der Waals surface area contributed by atoms with Crippen LogP contribution in [0.1, 0.15) is 0 Å². The summed E-state index contributed by atoms with van der Waals surface area (Å²) in [5.74, 6) is 1.42. The van der Waals surface area contributed by atoms with Crippen molar-refractivity contribution in [3.63, 3.8) is 0 Å². The van der Waals surface area contributed by atoms with Crippen molar-refractivity contribution in [1.82, 2.24) is 0 Å². The predicted molar refractivity (Wildman–Crippen MR) is 62.2 cm³/mol. The molecule has 4 nitrogen and oxygen atoms in total. The van der Waals surface area contributed by atoms with E-state index in [0.717, 1.165) is 10.2 Å². The molecule has 2 aromatic heterocycles. The van der Waals surface area contributed by atoms with Crippen LogP contribution in [0.15, 0.2) is 43.7 Å². The molecule has 0 fully saturated rings. The maximum atomic E-state index is 5.25. The van der Waals surface area contributed by atoms with E-state index in [1.807, 2.05) is 12.1 Å². The number of rotatable bonds is 5. The number of ether oxygens (including phenoxy) is 2. The molecule has 0 saturated heterocycles. The van der Waals surface area contributed by atoms with Gasteiger partial charge < -0.3 is 18.3 Å². The second kappa shape index (κ2) is 5.27. The van der Waals surface area contributed by atoms with E-state index in [0.29, 0.717) is 11.5 Å². The van der Waals surface area contributed by atoms with Crippen LogP contribution in [0.2, 0.25) is 0 Å². The molecule has 0 aromatic carbocycles. The lowest BCUT2D eigenvalue weighted by Gasteiger charge is -1.91. The van der Waals surface area contributed by atoms with E-state index in [1.165, 1.54) is 21.6 Å². The molecule has 2 rings (SSSR count). The summed E-state index contributed by atoms with van der Waals surface area (Å²) in [5.41, 5.74) is 0. The van der Waals surface area contributed by atoms with E-state index < -0.39 is 0 Å². The van der Waals surface area contributed by atoms with Crippen molar-refractivity contribution in [2.24, 2.45) is 0 Å². The first-order valence-electron chi connectivity index (χ1n) is 4.41. The van der Waals surface area contributed by atoms with Crippen LogP contribution in [-0.2, 0) is 0 Å². The minimum atomic E-state index is 0.708. The Morgan fingerprint density at radius 1 is 0.875 bits per heavy atom. The Balaban J connectivity index is 1.91. The summed E-state index contributed by atoms with van der Waals surface area (Å²) < 4.78 is 20.5. The van der Waals surface area contributed by atoms with E-state index >= 15 is 0 Å². The SMILES string of the molecule is COc1coc(SSc2cc(OC)co2)c1. The summed E-state index contributed by atoms with van der Waals surface area (Å²) in [4.78, 5) is 0. The standard InChI is InChI=1S/C10H10O4S2/c1-11-7-3-9(13-5-7)15-16-10-4-8(12-2)6-14-10/h3-6H,1-2H3. The van der Waals surface area contributed by atoms with Crippen LogP contribution in [0.25, 0.3) is 0 Å². The van der Waals surface area contributed by atoms with E-state index in [2.05, 4.69) is 0 Å². The maximum Gasteiger partial charge on any atom is 0.174 e. The van der Waals surface area contributed by atoms with Gasteiger partial charge in [-0.3, -0.25) is 0 Å². The summed E-state index contributed by atoms with van der Waals surface area (Å²) in [6.45, 7) is 0. The second-order valence-electron chi connectivity index (χ2n) is 2.78. The van der Waals surface area contributed by atoms with Crippen molar-refractivity contribution in [2.45, 2.75) is 10.2 Å². The molecule has 16 heavy (non-hydrogen) atoms. The molecule has 0 bridgehead atoms. The van der Waals surface area contributed by atoms with Gasteiger partial charge in [0.15, 0.2) is 21.7 Å². The summed E-state index contributed by atoms with van der Waals surface area (Å²) in [5, 5.41) is 1.52. The molecule has 0 aliphatic rings. The third kappa shape index (κ3) is 2.70. The Kier molecular flexibility index (Phi) is 3.74. The van der Waals surface area contributed by atoms with Crippen molar-refractivity contribution < 1.29 is 18.3 Å². The number of hydrogen-bond donors (Lipinski definition) is 0. The maximum absolute atomic E-state index is 5.25. The molecular weight excluding hydrogens is 248 g/mol. The van der Waals surface area contributed by atoms with E-state index in [1.54, 1.807) is 26.7 Å². The van der Waals surface area contributed by atoms with Crippen LogP contribution in [0, 0.1) is 0 Å². The Labute approximate surface area is 101 Å². The van der Waals surface area contributed by atoms with E-state index in [-0.39, 0.29) is 0 Å². The normalized spacial score (nSPS) is 10.4. The molecule has 0 amide bonds. The summed E-state index contributed by atoms with van der Waals surface area (Å²) in [7, 11) is 6.11. The molecule has 2 heterocycles.